The first-order valence-corrected chi connectivity index (χ1v) is 3.60. The fraction of sp³-hybridized carbons (Fsp3) is 0.143. The zero-order chi connectivity index (χ0) is 8.39. The Morgan fingerprint density at radius 3 is 3.00 bits per heavy atom. The summed E-state index contributed by atoms with van der Waals surface area (Å²) in [5.74, 6) is 1.63. The Labute approximate surface area is 69.4 Å². The number of rotatable bonds is 2. The van der Waals surface area contributed by atoms with Crippen molar-refractivity contribution in [1.29, 1.82) is 0 Å². The lowest BCUT2D eigenvalue weighted by Gasteiger charge is -2.01. The van der Waals surface area contributed by atoms with Gasteiger partial charge in [-0.3, -0.25) is 4.68 Å². The lowest BCUT2D eigenvalue weighted by Crippen LogP contribution is -1.99. The van der Waals surface area contributed by atoms with Gasteiger partial charge in [0.25, 0.3) is 0 Å². The van der Waals surface area contributed by atoms with Gasteiger partial charge in [0.1, 0.15) is 5.82 Å². The molecule has 0 aromatic carbocycles. The second kappa shape index (κ2) is 2.69. The molecule has 0 aliphatic rings. The van der Waals surface area contributed by atoms with E-state index in [-0.39, 0.29) is 0 Å². The molecule has 0 aliphatic heterocycles. The summed E-state index contributed by atoms with van der Waals surface area (Å²) in [7, 11) is 1.87. The summed E-state index contributed by atoms with van der Waals surface area (Å²) in [5.41, 5.74) is 0. The van der Waals surface area contributed by atoms with Gasteiger partial charge in [0.15, 0.2) is 0 Å². The van der Waals surface area contributed by atoms with Crippen molar-refractivity contribution in [3.63, 3.8) is 0 Å². The van der Waals surface area contributed by atoms with Crippen molar-refractivity contribution in [2.75, 3.05) is 5.32 Å². The molecule has 5 heteroatoms. The second-order valence-corrected chi connectivity index (χ2v) is 2.40. The zero-order valence-corrected chi connectivity index (χ0v) is 6.65. The third kappa shape index (κ3) is 1.16. The van der Waals surface area contributed by atoms with Crippen molar-refractivity contribution in [1.82, 2.24) is 19.7 Å². The number of aryl methyl sites for hydroxylation is 1. The fourth-order valence-corrected chi connectivity index (χ4v) is 0.952. The Morgan fingerprint density at radius 2 is 2.42 bits per heavy atom. The molecule has 12 heavy (non-hydrogen) atoms. The normalized spacial score (nSPS) is 10.1. The van der Waals surface area contributed by atoms with Crippen LogP contribution in [0, 0.1) is 0 Å². The van der Waals surface area contributed by atoms with E-state index >= 15 is 0 Å². The van der Waals surface area contributed by atoms with E-state index < -0.39 is 0 Å². The van der Waals surface area contributed by atoms with Crippen molar-refractivity contribution < 1.29 is 0 Å². The predicted molar refractivity (Wildman–Crippen MR) is 45.1 cm³/mol. The van der Waals surface area contributed by atoms with Crippen molar-refractivity contribution in [3.8, 4) is 0 Å². The Hall–Kier alpha value is -1.78. The Balaban J connectivity index is 2.20. The molecule has 0 fully saturated rings. The van der Waals surface area contributed by atoms with Gasteiger partial charge >= 0.3 is 0 Å². The van der Waals surface area contributed by atoms with Gasteiger partial charge in [0.2, 0.25) is 5.95 Å². The van der Waals surface area contributed by atoms with Gasteiger partial charge in [-0.1, -0.05) is 0 Å². The van der Waals surface area contributed by atoms with E-state index in [9.17, 15) is 0 Å². The maximum Gasteiger partial charge on any atom is 0.205 e. The molecule has 2 N–H and O–H groups in total. The van der Waals surface area contributed by atoms with Crippen LogP contribution >= 0.6 is 0 Å². The molecule has 2 aromatic heterocycles. The van der Waals surface area contributed by atoms with Crippen LogP contribution in [-0.4, -0.2) is 19.7 Å². The second-order valence-electron chi connectivity index (χ2n) is 2.40. The first-order chi connectivity index (χ1) is 5.86. The summed E-state index contributed by atoms with van der Waals surface area (Å²) in [6.45, 7) is 0. The summed E-state index contributed by atoms with van der Waals surface area (Å²) < 4.78 is 1.74. The van der Waals surface area contributed by atoms with Gasteiger partial charge in [-0.05, 0) is 0 Å². The zero-order valence-electron chi connectivity index (χ0n) is 6.65. The van der Waals surface area contributed by atoms with Gasteiger partial charge in [0, 0.05) is 25.5 Å². The number of nitrogens with zero attached hydrogens (tertiary/aromatic N) is 3. The van der Waals surface area contributed by atoms with Crippen LogP contribution in [0.3, 0.4) is 0 Å². The average molecular weight is 163 g/mol. The van der Waals surface area contributed by atoms with E-state index in [0.717, 1.165) is 11.8 Å². The molecule has 0 unspecified atom stereocenters. The van der Waals surface area contributed by atoms with Crippen LogP contribution in [0.5, 0.6) is 0 Å². The summed E-state index contributed by atoms with van der Waals surface area (Å²) in [5, 5.41) is 7.08. The van der Waals surface area contributed by atoms with E-state index in [1.54, 1.807) is 23.3 Å². The molecule has 0 radical (unpaired) electrons. The number of nitrogens with one attached hydrogen (secondary N) is 2. The van der Waals surface area contributed by atoms with Crippen LogP contribution in [0.4, 0.5) is 11.8 Å². The summed E-state index contributed by atoms with van der Waals surface area (Å²) in [4.78, 5) is 6.96. The van der Waals surface area contributed by atoms with E-state index in [1.807, 2.05) is 13.1 Å². The summed E-state index contributed by atoms with van der Waals surface area (Å²) >= 11 is 0. The van der Waals surface area contributed by atoms with Crippen LogP contribution in [-0.2, 0) is 7.05 Å². The summed E-state index contributed by atoms with van der Waals surface area (Å²) in [6, 6.07) is 1.88. The topological polar surface area (TPSA) is 58.5 Å². The molecule has 2 heterocycles. The number of hydrogen-bond acceptors (Lipinski definition) is 3. The molecular weight excluding hydrogens is 154 g/mol. The Morgan fingerprint density at radius 1 is 1.50 bits per heavy atom. The molecule has 0 saturated heterocycles. The average Bonchev–Trinajstić information content (AvgIpc) is 2.65. The van der Waals surface area contributed by atoms with Crippen LogP contribution in [0.2, 0.25) is 0 Å². The third-order valence-electron chi connectivity index (χ3n) is 1.57. The number of H-pyrrole nitrogens is 1. The highest BCUT2D eigenvalue weighted by Gasteiger charge is 1.98. The standard InChI is InChI=1S/C7H9N5/c1-12-6(2-3-10-12)11-7-8-4-5-9-7/h2-5H,1H3,(H2,8,9,11). The summed E-state index contributed by atoms with van der Waals surface area (Å²) in [6.07, 6.45) is 5.18. The van der Waals surface area contributed by atoms with Crippen LogP contribution in [0.15, 0.2) is 24.7 Å². The van der Waals surface area contributed by atoms with E-state index in [1.165, 1.54) is 0 Å². The largest absolute Gasteiger partial charge is 0.331 e. The minimum absolute atomic E-state index is 0.721. The molecule has 0 bridgehead atoms. The smallest absolute Gasteiger partial charge is 0.205 e. The van der Waals surface area contributed by atoms with E-state index in [2.05, 4.69) is 20.4 Å². The van der Waals surface area contributed by atoms with Crippen molar-refractivity contribution in [3.05, 3.63) is 24.7 Å². The molecule has 62 valence electrons. The highest BCUT2D eigenvalue weighted by molar-refractivity contribution is 5.46. The first kappa shape index (κ1) is 6.90. The van der Waals surface area contributed by atoms with Crippen molar-refractivity contribution in [2.24, 2.45) is 7.05 Å². The van der Waals surface area contributed by atoms with Gasteiger partial charge in [0.05, 0.1) is 6.20 Å². The molecule has 2 rings (SSSR count). The molecule has 0 amide bonds. The Bertz CT molecular complexity index is 348. The van der Waals surface area contributed by atoms with Crippen molar-refractivity contribution in [2.45, 2.75) is 0 Å². The Kier molecular flexibility index (Phi) is 1.55. The fourth-order valence-electron chi connectivity index (χ4n) is 0.952. The number of anilines is 2. The maximum absolute atomic E-state index is 4.02. The molecule has 2 aromatic rings. The monoisotopic (exact) mass is 163 g/mol. The number of imidazole rings is 1. The maximum atomic E-state index is 4.02. The molecule has 0 saturated carbocycles. The third-order valence-corrected chi connectivity index (χ3v) is 1.57. The molecule has 0 aliphatic carbocycles. The number of aromatic nitrogens is 4. The van der Waals surface area contributed by atoms with E-state index in [0.29, 0.717) is 0 Å². The van der Waals surface area contributed by atoms with Crippen LogP contribution < -0.4 is 5.32 Å². The number of aromatic amines is 1. The molecule has 5 nitrogen and oxygen atoms in total. The lowest BCUT2D eigenvalue weighted by atomic mass is 10.6. The van der Waals surface area contributed by atoms with Gasteiger partial charge < -0.3 is 10.3 Å². The van der Waals surface area contributed by atoms with E-state index in [4.69, 9.17) is 0 Å². The van der Waals surface area contributed by atoms with Crippen LogP contribution in [0.25, 0.3) is 0 Å². The highest BCUT2D eigenvalue weighted by atomic mass is 15.3. The van der Waals surface area contributed by atoms with Crippen LogP contribution in [0.1, 0.15) is 0 Å². The first-order valence-electron chi connectivity index (χ1n) is 3.60. The SMILES string of the molecule is Cn1nccc1Nc1ncc[nH]1. The van der Waals surface area contributed by atoms with Gasteiger partial charge in [-0.15, -0.1) is 0 Å². The molecule has 0 atom stereocenters. The highest BCUT2D eigenvalue weighted by Crippen LogP contribution is 2.09. The predicted octanol–water partition coefficient (Wildman–Crippen LogP) is 0.887. The number of hydrogen-bond donors (Lipinski definition) is 2. The minimum atomic E-state index is 0.721. The van der Waals surface area contributed by atoms with Gasteiger partial charge in [-0.25, -0.2) is 4.98 Å². The van der Waals surface area contributed by atoms with Gasteiger partial charge in [-0.2, -0.15) is 5.10 Å². The lowest BCUT2D eigenvalue weighted by molar-refractivity contribution is 0.775. The quantitative estimate of drug-likeness (QED) is 0.691. The molecule has 0 spiro atoms. The minimum Gasteiger partial charge on any atom is -0.331 e. The van der Waals surface area contributed by atoms with Crippen molar-refractivity contribution >= 4 is 11.8 Å². The molecular formula is C7H9N5.